The van der Waals surface area contributed by atoms with Crippen molar-refractivity contribution in [2.75, 3.05) is 52.1 Å². The zero-order chi connectivity index (χ0) is 18.8. The molecular formula is C17H35NO5S2. The smallest absolute Gasteiger partial charge is 0.220 e. The molecular weight excluding hydrogens is 362 g/mol. The minimum Gasteiger partial charge on any atom is -0.396 e. The molecule has 1 amide bonds. The van der Waals surface area contributed by atoms with Gasteiger partial charge < -0.3 is 24.6 Å². The highest BCUT2D eigenvalue weighted by Gasteiger charge is 2.20. The van der Waals surface area contributed by atoms with Crippen molar-refractivity contribution in [1.29, 1.82) is 0 Å². The highest BCUT2D eigenvalue weighted by molar-refractivity contribution is 8.77. The average Bonchev–Trinajstić information content (AvgIpc) is 2.58. The molecule has 0 saturated heterocycles. The third kappa shape index (κ3) is 18.6. The lowest BCUT2D eigenvalue weighted by atomic mass is 10.1. The Bertz CT molecular complexity index is 319. The van der Waals surface area contributed by atoms with Gasteiger partial charge in [-0.1, -0.05) is 28.5 Å². The zero-order valence-corrected chi connectivity index (χ0v) is 17.5. The van der Waals surface area contributed by atoms with E-state index in [0.29, 0.717) is 51.8 Å². The van der Waals surface area contributed by atoms with Crippen molar-refractivity contribution >= 4 is 27.5 Å². The summed E-state index contributed by atoms with van der Waals surface area (Å²) in [5.74, 6) is 0.656. The van der Waals surface area contributed by atoms with Gasteiger partial charge in [-0.3, -0.25) is 4.79 Å². The van der Waals surface area contributed by atoms with Gasteiger partial charge in [0.1, 0.15) is 5.94 Å². The van der Waals surface area contributed by atoms with E-state index in [4.69, 9.17) is 19.3 Å². The molecule has 0 spiro atoms. The van der Waals surface area contributed by atoms with E-state index in [2.05, 4.69) is 26.1 Å². The summed E-state index contributed by atoms with van der Waals surface area (Å²) < 4.78 is 16.1. The van der Waals surface area contributed by atoms with E-state index in [1.807, 2.05) is 0 Å². The van der Waals surface area contributed by atoms with Crippen LogP contribution in [0.25, 0.3) is 0 Å². The lowest BCUT2D eigenvalue weighted by Crippen LogP contribution is -2.29. The molecule has 25 heavy (non-hydrogen) atoms. The van der Waals surface area contributed by atoms with Gasteiger partial charge in [0.25, 0.3) is 0 Å². The van der Waals surface area contributed by atoms with Gasteiger partial charge in [-0.15, -0.1) is 0 Å². The molecule has 2 N–H and O–H groups in total. The summed E-state index contributed by atoms with van der Waals surface area (Å²) in [7, 11) is 3.37. The number of aliphatic hydroxyl groups excluding tert-OH is 1. The Morgan fingerprint density at radius 1 is 1.08 bits per heavy atom. The molecule has 0 aliphatic carbocycles. The van der Waals surface area contributed by atoms with E-state index < -0.39 is 0 Å². The number of hydrogen-bond acceptors (Lipinski definition) is 7. The Balaban J connectivity index is 3.52. The molecule has 0 aromatic heterocycles. The Hall–Kier alpha value is 0.01000. The van der Waals surface area contributed by atoms with Crippen molar-refractivity contribution in [2.45, 2.75) is 51.2 Å². The van der Waals surface area contributed by atoms with E-state index in [9.17, 15) is 4.79 Å². The fourth-order valence-corrected chi connectivity index (χ4v) is 4.01. The molecule has 0 fully saturated rings. The summed E-state index contributed by atoms with van der Waals surface area (Å²) in [6, 6.07) is 0. The maximum Gasteiger partial charge on any atom is 0.220 e. The van der Waals surface area contributed by atoms with Gasteiger partial charge in [-0.2, -0.15) is 0 Å². The maximum atomic E-state index is 11.9. The van der Waals surface area contributed by atoms with E-state index in [1.165, 1.54) is 0 Å². The molecule has 0 aromatic rings. The molecule has 8 heteroatoms. The molecule has 0 aliphatic heterocycles. The molecule has 6 nitrogen and oxygen atoms in total. The SMILES string of the molecule is CCCOCCOCCNC(=O)CCC(C)(C)SSCOCCCO. The van der Waals surface area contributed by atoms with Crippen molar-refractivity contribution in [3.05, 3.63) is 0 Å². The summed E-state index contributed by atoms with van der Waals surface area (Å²) >= 11 is 0. The van der Waals surface area contributed by atoms with E-state index in [1.54, 1.807) is 21.6 Å². The van der Waals surface area contributed by atoms with Crippen molar-refractivity contribution in [2.24, 2.45) is 0 Å². The lowest BCUT2D eigenvalue weighted by Gasteiger charge is -2.22. The largest absolute Gasteiger partial charge is 0.396 e. The number of amides is 1. The number of aliphatic hydroxyl groups is 1. The second-order valence-electron chi connectivity index (χ2n) is 6.14. The van der Waals surface area contributed by atoms with Crippen LogP contribution in [0.5, 0.6) is 0 Å². The molecule has 0 aromatic carbocycles. The zero-order valence-electron chi connectivity index (χ0n) is 15.9. The van der Waals surface area contributed by atoms with Crippen LogP contribution in [0.4, 0.5) is 0 Å². The van der Waals surface area contributed by atoms with Crippen molar-refractivity contribution in [1.82, 2.24) is 5.32 Å². The Morgan fingerprint density at radius 3 is 2.48 bits per heavy atom. The van der Waals surface area contributed by atoms with Gasteiger partial charge in [0.15, 0.2) is 0 Å². The van der Waals surface area contributed by atoms with Crippen LogP contribution >= 0.6 is 21.6 Å². The van der Waals surface area contributed by atoms with Gasteiger partial charge in [0, 0.05) is 37.5 Å². The highest BCUT2D eigenvalue weighted by atomic mass is 33.1. The molecule has 0 atom stereocenters. The molecule has 0 bridgehead atoms. The number of hydrogen-bond donors (Lipinski definition) is 2. The number of rotatable bonds is 18. The van der Waals surface area contributed by atoms with Gasteiger partial charge in [0.2, 0.25) is 5.91 Å². The average molecular weight is 398 g/mol. The highest BCUT2D eigenvalue weighted by Crippen LogP contribution is 2.38. The van der Waals surface area contributed by atoms with Crippen LogP contribution in [-0.4, -0.2) is 67.9 Å². The fraction of sp³-hybridized carbons (Fsp3) is 0.941. The summed E-state index contributed by atoms with van der Waals surface area (Å²) in [6.45, 7) is 10.1. The predicted molar refractivity (Wildman–Crippen MR) is 106 cm³/mol. The minimum atomic E-state index is 0.00939. The van der Waals surface area contributed by atoms with Gasteiger partial charge >= 0.3 is 0 Å². The third-order valence-electron chi connectivity index (χ3n) is 3.11. The Kier molecular flexibility index (Phi) is 17.4. The Labute approximate surface area is 160 Å². The van der Waals surface area contributed by atoms with Crippen LogP contribution in [0.1, 0.15) is 46.5 Å². The number of nitrogens with one attached hydrogen (secondary N) is 1. The summed E-state index contributed by atoms with van der Waals surface area (Å²) in [5, 5.41) is 11.5. The minimum absolute atomic E-state index is 0.00939. The van der Waals surface area contributed by atoms with Crippen LogP contribution in [-0.2, 0) is 19.0 Å². The maximum absolute atomic E-state index is 11.9. The van der Waals surface area contributed by atoms with Crippen molar-refractivity contribution in [3.63, 3.8) is 0 Å². The van der Waals surface area contributed by atoms with Crippen LogP contribution in [0, 0.1) is 0 Å². The van der Waals surface area contributed by atoms with Crippen LogP contribution < -0.4 is 5.32 Å². The quantitative estimate of drug-likeness (QED) is 0.209. The predicted octanol–water partition coefficient (Wildman–Crippen LogP) is 2.84. The standard InChI is InChI=1S/C17H35NO5S2/c1-4-10-21-13-14-22-12-8-18-16(20)6-7-17(2,3)25-24-15-23-11-5-9-19/h19H,4-15H2,1-3H3,(H,18,20). The first-order valence-electron chi connectivity index (χ1n) is 8.93. The number of carbonyl (C=O) groups excluding carboxylic acids is 1. The van der Waals surface area contributed by atoms with E-state index in [-0.39, 0.29) is 17.3 Å². The number of carbonyl (C=O) groups is 1. The van der Waals surface area contributed by atoms with Crippen LogP contribution in [0.3, 0.4) is 0 Å². The van der Waals surface area contributed by atoms with Gasteiger partial charge in [-0.25, -0.2) is 0 Å². The normalized spacial score (nSPS) is 11.7. The first kappa shape index (κ1) is 25.0. The first-order valence-corrected chi connectivity index (χ1v) is 11.2. The first-order chi connectivity index (χ1) is 12.0. The van der Waals surface area contributed by atoms with Gasteiger partial charge in [0.05, 0.1) is 19.8 Å². The lowest BCUT2D eigenvalue weighted by molar-refractivity contribution is -0.121. The number of ether oxygens (including phenoxy) is 3. The summed E-state index contributed by atoms with van der Waals surface area (Å²) in [6.07, 6.45) is 2.99. The van der Waals surface area contributed by atoms with Gasteiger partial charge in [-0.05, 0) is 33.1 Å². The van der Waals surface area contributed by atoms with Crippen molar-refractivity contribution in [3.8, 4) is 0 Å². The molecule has 0 rings (SSSR count). The molecule has 0 heterocycles. The molecule has 150 valence electrons. The third-order valence-corrected chi connectivity index (χ3v) is 6.14. The topological polar surface area (TPSA) is 77.0 Å². The molecule has 0 radical (unpaired) electrons. The van der Waals surface area contributed by atoms with Crippen LogP contribution in [0.2, 0.25) is 0 Å². The van der Waals surface area contributed by atoms with E-state index in [0.717, 1.165) is 19.4 Å². The monoisotopic (exact) mass is 397 g/mol. The molecule has 0 saturated carbocycles. The van der Waals surface area contributed by atoms with E-state index >= 15 is 0 Å². The molecule has 0 unspecified atom stereocenters. The second-order valence-corrected chi connectivity index (χ2v) is 9.09. The molecule has 0 aliphatic rings. The Morgan fingerprint density at radius 2 is 1.80 bits per heavy atom. The second kappa shape index (κ2) is 17.4. The van der Waals surface area contributed by atoms with Crippen LogP contribution in [0.15, 0.2) is 0 Å². The van der Waals surface area contributed by atoms with Crippen molar-refractivity contribution < 1.29 is 24.1 Å². The summed E-state index contributed by atoms with van der Waals surface area (Å²) in [4.78, 5) is 11.9. The fourth-order valence-electron chi connectivity index (χ4n) is 1.72. The summed E-state index contributed by atoms with van der Waals surface area (Å²) in [5.41, 5.74) is 0.